The van der Waals surface area contributed by atoms with Crippen LogP contribution in [0.3, 0.4) is 0 Å². The molecule has 0 atom stereocenters. The Bertz CT molecular complexity index is 445. The van der Waals surface area contributed by atoms with Gasteiger partial charge < -0.3 is 0 Å². The van der Waals surface area contributed by atoms with Crippen LogP contribution in [0.25, 0.3) is 9.65 Å². The Labute approximate surface area is 81.9 Å². The molecule has 0 aliphatic rings. The van der Waals surface area contributed by atoms with E-state index in [1.54, 1.807) is 0 Å². The molecular formula is C10H8O2Se. The van der Waals surface area contributed by atoms with Gasteiger partial charge in [-0.05, 0) is 0 Å². The van der Waals surface area contributed by atoms with Crippen LogP contribution in [0.1, 0.15) is 10.4 Å². The van der Waals surface area contributed by atoms with Crippen LogP contribution < -0.4 is 0 Å². The van der Waals surface area contributed by atoms with Gasteiger partial charge in [0.25, 0.3) is 0 Å². The molecule has 0 radical (unpaired) electrons. The number of benzene rings is 1. The molecule has 0 bridgehead atoms. The van der Waals surface area contributed by atoms with Gasteiger partial charge in [0.15, 0.2) is 0 Å². The topological polar surface area (TPSA) is 26.3 Å². The Morgan fingerprint density at radius 1 is 1.38 bits per heavy atom. The van der Waals surface area contributed by atoms with E-state index >= 15 is 0 Å². The summed E-state index contributed by atoms with van der Waals surface area (Å²) in [5, 5.41) is 1.16. The van der Waals surface area contributed by atoms with E-state index in [0.717, 1.165) is 5.39 Å². The number of carbonyl (C=O) groups excluding carboxylic acids is 1. The van der Waals surface area contributed by atoms with Crippen LogP contribution in [0.5, 0.6) is 0 Å². The normalized spacial score (nSPS) is 10.2. The first-order valence-corrected chi connectivity index (χ1v) is 5.71. The van der Waals surface area contributed by atoms with Gasteiger partial charge in [-0.25, -0.2) is 0 Å². The van der Waals surface area contributed by atoms with Crippen molar-refractivity contribution in [1.82, 2.24) is 0 Å². The van der Waals surface area contributed by atoms with Crippen LogP contribution in [-0.4, -0.2) is 27.6 Å². The fraction of sp³-hybridized carbons (Fsp3) is 0.100. The third-order valence-corrected chi connectivity index (χ3v) is 3.76. The van der Waals surface area contributed by atoms with Gasteiger partial charge in [-0.2, -0.15) is 0 Å². The van der Waals surface area contributed by atoms with Gasteiger partial charge >= 0.3 is 81.5 Å². The zero-order valence-electron chi connectivity index (χ0n) is 7.11. The number of hydrogen-bond acceptors (Lipinski definition) is 2. The number of esters is 1. The predicted molar refractivity (Wildman–Crippen MR) is 52.2 cm³/mol. The molecule has 0 spiro atoms. The number of methoxy groups -OCH3 is 1. The number of rotatable bonds is 1. The summed E-state index contributed by atoms with van der Waals surface area (Å²) in [6.07, 6.45) is 0. The van der Waals surface area contributed by atoms with Crippen LogP contribution >= 0.6 is 0 Å². The monoisotopic (exact) mass is 240 g/mol. The van der Waals surface area contributed by atoms with Crippen LogP contribution in [-0.2, 0) is 4.74 Å². The van der Waals surface area contributed by atoms with Crippen LogP contribution in [0.4, 0.5) is 0 Å². The van der Waals surface area contributed by atoms with Crippen molar-refractivity contribution in [2.24, 2.45) is 0 Å². The third kappa shape index (κ3) is 1.53. The molecule has 0 unspecified atom stereocenters. The standard InChI is InChI=1S/C10H8O2Se/c1-12-10(11)8-2-3-9-7(6-8)4-5-13-9/h2-6H,1H3. The molecule has 0 N–H and O–H groups in total. The molecular weight excluding hydrogens is 231 g/mol. The van der Waals surface area contributed by atoms with Crippen molar-refractivity contribution in [1.29, 1.82) is 0 Å². The number of hydrogen-bond donors (Lipinski definition) is 0. The van der Waals surface area contributed by atoms with Crippen molar-refractivity contribution in [3.8, 4) is 0 Å². The zero-order chi connectivity index (χ0) is 9.26. The van der Waals surface area contributed by atoms with Gasteiger partial charge in [0.1, 0.15) is 0 Å². The van der Waals surface area contributed by atoms with Crippen molar-refractivity contribution in [2.45, 2.75) is 0 Å². The van der Waals surface area contributed by atoms with Crippen molar-refractivity contribution >= 4 is 30.1 Å². The van der Waals surface area contributed by atoms with Gasteiger partial charge in [-0.1, -0.05) is 0 Å². The summed E-state index contributed by atoms with van der Waals surface area (Å²) in [5.41, 5.74) is 0.628. The van der Waals surface area contributed by atoms with Crippen molar-refractivity contribution in [2.75, 3.05) is 7.11 Å². The van der Waals surface area contributed by atoms with E-state index in [2.05, 4.69) is 15.7 Å². The van der Waals surface area contributed by atoms with E-state index in [-0.39, 0.29) is 5.97 Å². The molecule has 0 aliphatic heterocycles. The Kier molecular flexibility index (Phi) is 2.21. The first-order chi connectivity index (χ1) is 6.31. The van der Waals surface area contributed by atoms with Crippen molar-refractivity contribution in [3.05, 3.63) is 34.8 Å². The second-order valence-electron chi connectivity index (χ2n) is 2.66. The van der Waals surface area contributed by atoms with Crippen molar-refractivity contribution in [3.63, 3.8) is 0 Å². The van der Waals surface area contributed by atoms with E-state index < -0.39 is 0 Å². The summed E-state index contributed by atoms with van der Waals surface area (Å²) >= 11 is 0.448. The minimum atomic E-state index is -0.268. The summed E-state index contributed by atoms with van der Waals surface area (Å²) in [5.74, 6) is -0.268. The summed E-state index contributed by atoms with van der Waals surface area (Å²) in [6, 6.07) is 7.76. The summed E-state index contributed by atoms with van der Waals surface area (Å²) in [7, 11) is 1.40. The fourth-order valence-corrected chi connectivity index (χ4v) is 2.83. The van der Waals surface area contributed by atoms with E-state index in [1.807, 2.05) is 18.2 Å². The number of fused-ring (bicyclic) bond motifs is 1. The van der Waals surface area contributed by atoms with Crippen LogP contribution in [0.15, 0.2) is 29.2 Å². The number of carbonyl (C=O) groups is 1. The molecule has 0 amide bonds. The van der Waals surface area contributed by atoms with Crippen molar-refractivity contribution < 1.29 is 9.53 Å². The maximum atomic E-state index is 11.2. The molecule has 1 heterocycles. The predicted octanol–water partition coefficient (Wildman–Crippen LogP) is 1.68. The molecule has 0 aliphatic carbocycles. The molecule has 3 heteroatoms. The zero-order valence-corrected chi connectivity index (χ0v) is 8.82. The molecule has 2 nitrogen and oxygen atoms in total. The van der Waals surface area contributed by atoms with Gasteiger partial charge in [-0.15, -0.1) is 0 Å². The fourth-order valence-electron chi connectivity index (χ4n) is 1.21. The van der Waals surface area contributed by atoms with Gasteiger partial charge in [0.05, 0.1) is 0 Å². The Morgan fingerprint density at radius 3 is 3.00 bits per heavy atom. The van der Waals surface area contributed by atoms with E-state index in [1.165, 1.54) is 11.4 Å². The summed E-state index contributed by atoms with van der Waals surface area (Å²) in [4.78, 5) is 13.3. The van der Waals surface area contributed by atoms with Crippen LogP contribution in [0.2, 0.25) is 0 Å². The minimum absolute atomic E-state index is 0.268. The Morgan fingerprint density at radius 2 is 2.23 bits per heavy atom. The van der Waals surface area contributed by atoms with E-state index in [9.17, 15) is 4.79 Å². The molecule has 13 heavy (non-hydrogen) atoms. The molecule has 0 saturated carbocycles. The van der Waals surface area contributed by atoms with Gasteiger partial charge in [0.2, 0.25) is 0 Å². The van der Waals surface area contributed by atoms with Gasteiger partial charge in [-0.3, -0.25) is 0 Å². The molecule has 2 aromatic rings. The third-order valence-electron chi connectivity index (χ3n) is 1.87. The average Bonchev–Trinajstić information content (AvgIpc) is 2.63. The maximum absolute atomic E-state index is 11.2. The Balaban J connectivity index is 2.54. The van der Waals surface area contributed by atoms with E-state index in [4.69, 9.17) is 0 Å². The molecule has 0 saturated heterocycles. The quantitative estimate of drug-likeness (QED) is 0.559. The second kappa shape index (κ2) is 3.36. The summed E-state index contributed by atoms with van der Waals surface area (Å²) < 4.78 is 5.97. The Hall–Kier alpha value is -1.05. The first kappa shape index (κ1) is 8.54. The molecule has 66 valence electrons. The molecule has 1 aromatic carbocycles. The van der Waals surface area contributed by atoms with Crippen LogP contribution in [0, 0.1) is 0 Å². The number of ether oxygens (including phenoxy) is 1. The van der Waals surface area contributed by atoms with Gasteiger partial charge in [0, 0.05) is 0 Å². The first-order valence-electron chi connectivity index (χ1n) is 3.87. The second-order valence-corrected chi connectivity index (χ2v) is 4.65. The summed E-state index contributed by atoms with van der Waals surface area (Å²) in [6.45, 7) is 0. The van der Waals surface area contributed by atoms with E-state index in [0.29, 0.717) is 20.1 Å². The SMILES string of the molecule is COC(=O)c1ccc2[se]ccc2c1. The molecule has 1 aromatic heterocycles. The molecule has 0 fully saturated rings. The average molecular weight is 239 g/mol. The molecule has 2 rings (SSSR count).